The smallest absolute Gasteiger partial charge is 0.0605 e. The van der Waals surface area contributed by atoms with Gasteiger partial charge >= 0.3 is 0 Å². The molecule has 34 heavy (non-hydrogen) atoms. The Morgan fingerprint density at radius 1 is 0.853 bits per heavy atom. The van der Waals surface area contributed by atoms with Gasteiger partial charge in [0.05, 0.1) is 11.7 Å². The van der Waals surface area contributed by atoms with Gasteiger partial charge in [-0.1, -0.05) is 60.7 Å². The van der Waals surface area contributed by atoms with Crippen LogP contribution in [0.4, 0.5) is 0 Å². The highest BCUT2D eigenvalue weighted by Gasteiger charge is 2.20. The van der Waals surface area contributed by atoms with Crippen LogP contribution in [0.5, 0.6) is 0 Å². The van der Waals surface area contributed by atoms with Crippen molar-refractivity contribution in [1.29, 1.82) is 0 Å². The first kappa shape index (κ1) is 22.7. The fraction of sp³-hybridized carbons (Fsp3) is 0.300. The van der Waals surface area contributed by atoms with Crippen LogP contribution < -0.4 is 16.4 Å². The van der Waals surface area contributed by atoms with E-state index in [-0.39, 0.29) is 0 Å². The zero-order chi connectivity index (χ0) is 23.2. The van der Waals surface area contributed by atoms with Crippen LogP contribution in [-0.2, 0) is 32.5 Å². The van der Waals surface area contributed by atoms with Crippen LogP contribution in [-0.4, -0.2) is 11.5 Å². The fourth-order valence-corrected chi connectivity index (χ4v) is 5.07. The summed E-state index contributed by atoms with van der Waals surface area (Å²) in [4.78, 5) is 4.66. The molecule has 4 N–H and O–H groups in total. The van der Waals surface area contributed by atoms with Crippen molar-refractivity contribution in [3.63, 3.8) is 0 Å². The lowest BCUT2D eigenvalue weighted by Gasteiger charge is -2.25. The van der Waals surface area contributed by atoms with Crippen molar-refractivity contribution < 1.29 is 0 Å². The summed E-state index contributed by atoms with van der Waals surface area (Å²) in [6, 6.07) is 26.6. The predicted octanol–water partition coefficient (Wildman–Crippen LogP) is 5.19. The average Bonchev–Trinajstić information content (AvgIpc) is 2.90. The molecule has 0 aliphatic heterocycles. The molecule has 0 saturated carbocycles. The van der Waals surface area contributed by atoms with Crippen LogP contribution in [0.3, 0.4) is 0 Å². The van der Waals surface area contributed by atoms with Gasteiger partial charge in [0.15, 0.2) is 0 Å². The molecule has 5 rings (SSSR count). The number of hydrogen-bond acceptors (Lipinski definition) is 4. The number of nitrogens with one attached hydrogen (secondary N) is 2. The molecule has 1 aliphatic carbocycles. The highest BCUT2D eigenvalue weighted by molar-refractivity contribution is 5.82. The number of hydrogen-bond donors (Lipinski definition) is 3. The predicted molar refractivity (Wildman–Crippen MR) is 140 cm³/mol. The molecule has 3 aromatic carbocycles. The largest absolute Gasteiger partial charge is 0.326 e. The van der Waals surface area contributed by atoms with Crippen LogP contribution in [0.25, 0.3) is 10.8 Å². The van der Waals surface area contributed by atoms with E-state index in [1.54, 1.807) is 0 Å². The third kappa shape index (κ3) is 5.36. The third-order valence-corrected chi connectivity index (χ3v) is 6.95. The molecule has 1 unspecified atom stereocenters. The summed E-state index contributed by atoms with van der Waals surface area (Å²) in [7, 11) is 0. The second-order valence-electron chi connectivity index (χ2n) is 9.29. The summed E-state index contributed by atoms with van der Waals surface area (Å²) < 4.78 is 0. The lowest BCUT2D eigenvalue weighted by atomic mass is 9.91. The van der Waals surface area contributed by atoms with Gasteiger partial charge in [-0.25, -0.2) is 0 Å². The van der Waals surface area contributed by atoms with Crippen molar-refractivity contribution in [2.24, 2.45) is 5.73 Å². The van der Waals surface area contributed by atoms with E-state index >= 15 is 0 Å². The summed E-state index contributed by atoms with van der Waals surface area (Å²) in [6.45, 7) is 3.23. The maximum absolute atomic E-state index is 6.05. The van der Waals surface area contributed by atoms with E-state index in [1.165, 1.54) is 50.7 Å². The van der Waals surface area contributed by atoms with Crippen molar-refractivity contribution in [2.75, 3.05) is 6.54 Å². The first-order valence-corrected chi connectivity index (χ1v) is 12.5. The molecular formula is C30H34N4. The Kier molecular flexibility index (Phi) is 7.30. The second-order valence-corrected chi connectivity index (χ2v) is 9.29. The minimum absolute atomic E-state index is 0.339. The number of nitrogens with zero attached hydrogens (tertiary/aromatic N) is 1. The van der Waals surface area contributed by atoms with Gasteiger partial charge in [-0.3, -0.25) is 4.98 Å². The molecule has 0 spiro atoms. The second kappa shape index (κ2) is 10.9. The minimum Gasteiger partial charge on any atom is -0.326 e. The molecule has 174 valence electrons. The maximum atomic E-state index is 6.05. The topological polar surface area (TPSA) is 63.0 Å². The molecular weight excluding hydrogens is 416 g/mol. The van der Waals surface area contributed by atoms with Crippen LogP contribution >= 0.6 is 0 Å². The van der Waals surface area contributed by atoms with Gasteiger partial charge in [-0.05, 0) is 83.0 Å². The van der Waals surface area contributed by atoms with Gasteiger partial charge in [0.1, 0.15) is 0 Å². The van der Waals surface area contributed by atoms with Gasteiger partial charge in [0.2, 0.25) is 0 Å². The number of pyridine rings is 1. The number of aryl methyl sites for hydroxylation is 1. The normalized spacial score (nSPS) is 15.4. The average molecular weight is 451 g/mol. The fourth-order valence-electron chi connectivity index (χ4n) is 5.07. The van der Waals surface area contributed by atoms with E-state index in [0.29, 0.717) is 12.6 Å². The van der Waals surface area contributed by atoms with E-state index in [2.05, 4.69) is 82.3 Å². The van der Waals surface area contributed by atoms with Crippen molar-refractivity contribution >= 4 is 10.8 Å². The molecule has 0 amide bonds. The Morgan fingerprint density at radius 2 is 1.71 bits per heavy atom. The van der Waals surface area contributed by atoms with Crippen LogP contribution in [0.2, 0.25) is 0 Å². The van der Waals surface area contributed by atoms with Gasteiger partial charge in [-0.2, -0.15) is 0 Å². The number of aromatic nitrogens is 1. The molecule has 1 aromatic heterocycles. The SMILES string of the molecule is NCc1ccc(CNC2CCCc3cccnc32)cc1CCNCc1ccc2ccccc2c1. The van der Waals surface area contributed by atoms with Crippen molar-refractivity contribution in [1.82, 2.24) is 15.6 Å². The lowest BCUT2D eigenvalue weighted by Crippen LogP contribution is -2.26. The highest BCUT2D eigenvalue weighted by atomic mass is 14.9. The molecule has 1 aliphatic rings. The molecule has 0 saturated heterocycles. The lowest BCUT2D eigenvalue weighted by molar-refractivity contribution is 0.447. The number of rotatable bonds is 9. The molecule has 1 atom stereocenters. The summed E-state index contributed by atoms with van der Waals surface area (Å²) in [5.74, 6) is 0. The van der Waals surface area contributed by atoms with Gasteiger partial charge in [0, 0.05) is 25.8 Å². The van der Waals surface area contributed by atoms with Gasteiger partial charge in [0.25, 0.3) is 0 Å². The van der Waals surface area contributed by atoms with Crippen molar-refractivity contribution in [3.05, 3.63) is 113 Å². The summed E-state index contributed by atoms with van der Waals surface area (Å²) in [5.41, 5.74) is 13.9. The zero-order valence-electron chi connectivity index (χ0n) is 19.8. The quantitative estimate of drug-likeness (QED) is 0.307. The van der Waals surface area contributed by atoms with Crippen molar-refractivity contribution in [3.8, 4) is 0 Å². The number of fused-ring (bicyclic) bond motifs is 2. The summed E-state index contributed by atoms with van der Waals surface area (Å²) in [5, 5.41) is 9.95. The van der Waals surface area contributed by atoms with E-state index in [1.807, 2.05) is 12.3 Å². The van der Waals surface area contributed by atoms with E-state index in [0.717, 1.165) is 38.9 Å². The zero-order valence-corrected chi connectivity index (χ0v) is 19.8. The molecule has 4 nitrogen and oxygen atoms in total. The maximum Gasteiger partial charge on any atom is 0.0605 e. The standard InChI is InChI=1S/C30H34N4/c31-19-28-13-11-23(21-34-29-9-3-7-25-8-4-15-33-30(25)29)18-27(28)14-16-32-20-22-10-12-24-5-1-2-6-26(24)17-22/h1-2,4-6,8,10-13,15,17-18,29,32,34H,3,7,9,14,16,19-21,31H2. The Morgan fingerprint density at radius 3 is 2.62 bits per heavy atom. The molecule has 4 aromatic rings. The monoisotopic (exact) mass is 450 g/mol. The number of nitrogens with two attached hydrogens (primary N) is 1. The third-order valence-electron chi connectivity index (χ3n) is 6.95. The van der Waals surface area contributed by atoms with E-state index in [9.17, 15) is 0 Å². The summed E-state index contributed by atoms with van der Waals surface area (Å²) >= 11 is 0. The Bertz CT molecular complexity index is 1250. The first-order chi connectivity index (χ1) is 16.8. The van der Waals surface area contributed by atoms with Gasteiger partial charge in [-0.15, -0.1) is 0 Å². The van der Waals surface area contributed by atoms with Crippen molar-refractivity contribution in [2.45, 2.75) is 51.4 Å². The number of benzene rings is 3. The summed E-state index contributed by atoms with van der Waals surface area (Å²) in [6.07, 6.45) is 6.40. The molecule has 4 heteroatoms. The highest BCUT2D eigenvalue weighted by Crippen LogP contribution is 2.28. The first-order valence-electron chi connectivity index (χ1n) is 12.5. The van der Waals surface area contributed by atoms with Crippen LogP contribution in [0.1, 0.15) is 52.4 Å². The Balaban J connectivity index is 1.18. The van der Waals surface area contributed by atoms with E-state index < -0.39 is 0 Å². The Labute approximate surface area is 202 Å². The Hall–Kier alpha value is -3.05. The van der Waals surface area contributed by atoms with Gasteiger partial charge < -0.3 is 16.4 Å². The molecule has 0 bridgehead atoms. The van der Waals surface area contributed by atoms with Crippen LogP contribution in [0.15, 0.2) is 79.0 Å². The molecule has 0 radical (unpaired) electrons. The minimum atomic E-state index is 0.339. The van der Waals surface area contributed by atoms with E-state index in [4.69, 9.17) is 5.73 Å². The van der Waals surface area contributed by atoms with Crippen LogP contribution in [0, 0.1) is 0 Å². The molecule has 1 heterocycles. The molecule has 0 fully saturated rings.